The molecule has 1 aromatic carbocycles. The molecule has 2 aromatic rings. The maximum atomic E-state index is 13.8. The molecule has 2 aliphatic heterocycles. The molecule has 6 nitrogen and oxygen atoms in total. The molecule has 1 N–H and O–H groups in total. The first kappa shape index (κ1) is 15.2. The van der Waals surface area contributed by atoms with E-state index < -0.39 is 5.54 Å². The highest BCUT2D eigenvalue weighted by Crippen LogP contribution is 2.33. The number of hydrogen-bond donors (Lipinski definition) is 1. The smallest absolute Gasteiger partial charge is 0.322 e. The van der Waals surface area contributed by atoms with E-state index in [1.807, 2.05) is 0 Å². The Balaban J connectivity index is 1.55. The third-order valence-electron chi connectivity index (χ3n) is 4.33. The second-order valence-corrected chi connectivity index (χ2v) is 7.01. The van der Waals surface area contributed by atoms with Crippen LogP contribution in [0.5, 0.6) is 0 Å². The van der Waals surface area contributed by atoms with Crippen LogP contribution in [0, 0.1) is 5.82 Å². The van der Waals surface area contributed by atoms with Gasteiger partial charge in [-0.25, -0.2) is 13.9 Å². The molecule has 0 aliphatic carbocycles. The van der Waals surface area contributed by atoms with Gasteiger partial charge < -0.3 is 5.32 Å². The highest BCUT2D eigenvalue weighted by atomic mass is 32.2. The van der Waals surface area contributed by atoms with Crippen molar-refractivity contribution in [2.24, 2.45) is 0 Å². The molecule has 3 heterocycles. The quantitative estimate of drug-likeness (QED) is 0.863. The number of aromatic nitrogens is 2. The van der Waals surface area contributed by atoms with E-state index in [2.05, 4.69) is 10.4 Å². The lowest BCUT2D eigenvalue weighted by atomic mass is 9.99. The molecule has 1 spiro atoms. The van der Waals surface area contributed by atoms with E-state index in [1.165, 1.54) is 15.6 Å². The van der Waals surface area contributed by atoms with E-state index >= 15 is 0 Å². The van der Waals surface area contributed by atoms with Gasteiger partial charge in [-0.2, -0.15) is 16.9 Å². The van der Waals surface area contributed by atoms with Gasteiger partial charge in [0.1, 0.15) is 17.0 Å². The molecule has 24 heavy (non-hydrogen) atoms. The number of carbonyl (C=O) groups excluding carboxylic acids is 2. The summed E-state index contributed by atoms with van der Waals surface area (Å²) >= 11 is 1.66. The van der Waals surface area contributed by atoms with Crippen LogP contribution in [0.1, 0.15) is 12.1 Å². The molecule has 0 saturated carbocycles. The Hall–Kier alpha value is -2.35. The van der Waals surface area contributed by atoms with Crippen molar-refractivity contribution >= 4 is 23.7 Å². The summed E-state index contributed by atoms with van der Waals surface area (Å²) in [5.74, 6) is 0.890. The van der Waals surface area contributed by atoms with E-state index in [-0.39, 0.29) is 24.3 Å². The second-order valence-electron chi connectivity index (χ2n) is 5.91. The van der Waals surface area contributed by atoms with Crippen LogP contribution in [0.4, 0.5) is 9.18 Å². The number of para-hydroxylation sites is 1. The van der Waals surface area contributed by atoms with E-state index in [0.29, 0.717) is 23.6 Å². The minimum absolute atomic E-state index is 0.0819. The topological polar surface area (TPSA) is 67.2 Å². The molecule has 0 bridgehead atoms. The van der Waals surface area contributed by atoms with E-state index in [4.69, 9.17) is 0 Å². The average molecular weight is 346 g/mol. The Morgan fingerprint density at radius 1 is 1.29 bits per heavy atom. The number of benzene rings is 1. The van der Waals surface area contributed by atoms with Gasteiger partial charge in [-0.1, -0.05) is 12.1 Å². The first-order chi connectivity index (χ1) is 11.6. The summed E-state index contributed by atoms with van der Waals surface area (Å²) < 4.78 is 15.2. The number of nitrogens with zero attached hydrogens (tertiary/aromatic N) is 3. The van der Waals surface area contributed by atoms with Crippen LogP contribution in [0.3, 0.4) is 0 Å². The van der Waals surface area contributed by atoms with Crippen LogP contribution >= 0.6 is 11.8 Å². The van der Waals surface area contributed by atoms with Crippen LogP contribution in [0.2, 0.25) is 0 Å². The Morgan fingerprint density at radius 3 is 2.88 bits per heavy atom. The minimum atomic E-state index is -0.754. The first-order valence-corrected chi connectivity index (χ1v) is 8.76. The van der Waals surface area contributed by atoms with Gasteiger partial charge in [0.15, 0.2) is 0 Å². The SMILES string of the molecule is O=C1NC2(CCSC2)C(=O)N1Cc1ccn(-c2ccccc2F)n1. The monoisotopic (exact) mass is 346 g/mol. The number of rotatable bonds is 3. The summed E-state index contributed by atoms with van der Waals surface area (Å²) in [6, 6.07) is 7.60. The molecule has 1 aromatic heterocycles. The third-order valence-corrected chi connectivity index (χ3v) is 5.52. The normalized spacial score (nSPS) is 23.3. The number of halogens is 1. The highest BCUT2D eigenvalue weighted by molar-refractivity contribution is 7.99. The van der Waals surface area contributed by atoms with Gasteiger partial charge in [0.25, 0.3) is 5.91 Å². The standard InChI is InChI=1S/C16H15FN4O2S/c17-12-3-1-2-4-13(12)21-7-5-11(19-21)9-20-14(22)16(18-15(20)23)6-8-24-10-16/h1-5,7H,6,8-10H2,(H,18,23). The van der Waals surface area contributed by atoms with Gasteiger partial charge in [0, 0.05) is 11.9 Å². The van der Waals surface area contributed by atoms with Crippen LogP contribution < -0.4 is 5.32 Å². The largest absolute Gasteiger partial charge is 0.325 e. The molecule has 8 heteroatoms. The minimum Gasteiger partial charge on any atom is -0.322 e. The Morgan fingerprint density at radius 2 is 2.12 bits per heavy atom. The van der Waals surface area contributed by atoms with Crippen LogP contribution in [0.25, 0.3) is 5.69 Å². The molecular formula is C16H15FN4O2S. The summed E-state index contributed by atoms with van der Waals surface area (Å²) in [6.07, 6.45) is 2.27. The molecule has 4 rings (SSSR count). The molecule has 124 valence electrons. The van der Waals surface area contributed by atoms with Crippen molar-refractivity contribution in [2.45, 2.75) is 18.5 Å². The fourth-order valence-electron chi connectivity index (χ4n) is 3.03. The lowest BCUT2D eigenvalue weighted by Gasteiger charge is -2.18. The highest BCUT2D eigenvalue weighted by Gasteiger charge is 2.52. The number of thioether (sulfide) groups is 1. The predicted molar refractivity (Wildman–Crippen MR) is 87.3 cm³/mol. The molecule has 2 fully saturated rings. The summed E-state index contributed by atoms with van der Waals surface area (Å²) in [5.41, 5.74) is 0.102. The fraction of sp³-hybridized carbons (Fsp3) is 0.312. The van der Waals surface area contributed by atoms with Crippen molar-refractivity contribution in [3.05, 3.63) is 48.0 Å². The average Bonchev–Trinajstić information content (AvgIpc) is 3.26. The molecule has 2 aliphatic rings. The summed E-state index contributed by atoms with van der Waals surface area (Å²) in [4.78, 5) is 26.0. The van der Waals surface area contributed by atoms with Crippen molar-refractivity contribution in [3.63, 3.8) is 0 Å². The maximum absolute atomic E-state index is 13.8. The molecule has 0 radical (unpaired) electrons. The summed E-state index contributed by atoms with van der Waals surface area (Å²) in [5, 5.41) is 7.11. The molecule has 3 amide bonds. The zero-order valence-electron chi connectivity index (χ0n) is 12.7. The van der Waals surface area contributed by atoms with Crippen molar-refractivity contribution < 1.29 is 14.0 Å². The van der Waals surface area contributed by atoms with E-state index in [0.717, 1.165) is 5.75 Å². The lowest BCUT2D eigenvalue weighted by Crippen LogP contribution is -2.46. The number of amides is 3. The fourth-order valence-corrected chi connectivity index (χ4v) is 4.36. The Bertz CT molecular complexity index is 816. The second kappa shape index (κ2) is 5.62. The number of imide groups is 1. The Labute approximate surface area is 142 Å². The van der Waals surface area contributed by atoms with Crippen molar-refractivity contribution in [1.82, 2.24) is 20.0 Å². The van der Waals surface area contributed by atoms with Gasteiger partial charge >= 0.3 is 6.03 Å². The van der Waals surface area contributed by atoms with Gasteiger partial charge in [-0.15, -0.1) is 0 Å². The van der Waals surface area contributed by atoms with Crippen molar-refractivity contribution in [2.75, 3.05) is 11.5 Å². The molecule has 1 atom stereocenters. The Kier molecular flexibility index (Phi) is 3.56. The van der Waals surface area contributed by atoms with Crippen molar-refractivity contribution in [3.8, 4) is 5.69 Å². The zero-order chi connectivity index (χ0) is 16.7. The maximum Gasteiger partial charge on any atom is 0.325 e. The summed E-state index contributed by atoms with van der Waals surface area (Å²) in [7, 11) is 0. The van der Waals surface area contributed by atoms with Gasteiger partial charge in [-0.3, -0.25) is 9.69 Å². The number of urea groups is 1. The zero-order valence-corrected chi connectivity index (χ0v) is 13.6. The third kappa shape index (κ3) is 2.37. The molecule has 2 saturated heterocycles. The lowest BCUT2D eigenvalue weighted by molar-refractivity contribution is -0.130. The molecule has 1 unspecified atom stereocenters. The predicted octanol–water partition coefficient (Wildman–Crippen LogP) is 1.94. The van der Waals surface area contributed by atoms with Gasteiger partial charge in [-0.05, 0) is 30.4 Å². The first-order valence-electron chi connectivity index (χ1n) is 7.60. The van der Waals surface area contributed by atoms with E-state index in [9.17, 15) is 14.0 Å². The van der Waals surface area contributed by atoms with Crippen LogP contribution in [-0.4, -0.2) is 43.7 Å². The van der Waals surface area contributed by atoms with E-state index in [1.54, 1.807) is 42.2 Å². The van der Waals surface area contributed by atoms with Crippen LogP contribution in [0.15, 0.2) is 36.5 Å². The van der Waals surface area contributed by atoms with Gasteiger partial charge in [0.05, 0.1) is 12.2 Å². The van der Waals surface area contributed by atoms with Crippen LogP contribution in [-0.2, 0) is 11.3 Å². The number of carbonyl (C=O) groups is 2. The number of hydrogen-bond acceptors (Lipinski definition) is 4. The van der Waals surface area contributed by atoms with Gasteiger partial charge in [0.2, 0.25) is 0 Å². The van der Waals surface area contributed by atoms with Crippen molar-refractivity contribution in [1.29, 1.82) is 0 Å². The summed E-state index contributed by atoms with van der Waals surface area (Å²) in [6.45, 7) is 0.0819. The number of nitrogens with one attached hydrogen (secondary N) is 1. The molecular weight excluding hydrogens is 331 g/mol.